The van der Waals surface area contributed by atoms with Crippen molar-refractivity contribution in [1.82, 2.24) is 10.6 Å². The molecule has 0 aliphatic heterocycles. The van der Waals surface area contributed by atoms with Gasteiger partial charge in [-0.3, -0.25) is 9.59 Å². The Bertz CT molecular complexity index is 1190. The summed E-state index contributed by atoms with van der Waals surface area (Å²) in [5.74, 6) is -1.93. The number of hydrogen-bond donors (Lipinski definition) is 3. The highest BCUT2D eigenvalue weighted by Gasteiger charge is 2.23. The maximum absolute atomic E-state index is 13.7. The van der Waals surface area contributed by atoms with Crippen molar-refractivity contribution in [2.24, 2.45) is 5.73 Å². The third-order valence-electron chi connectivity index (χ3n) is 6.36. The number of aryl methyl sites for hydroxylation is 1. The molecular weight excluding hydrogens is 500 g/mol. The minimum atomic E-state index is -0.698. The summed E-state index contributed by atoms with van der Waals surface area (Å²) in [6.07, 6.45) is 1.68. The Morgan fingerprint density at radius 1 is 0.897 bits per heavy atom. The Kier molecular flexibility index (Phi) is 12.1. The fourth-order valence-electron chi connectivity index (χ4n) is 4.25. The topological polar surface area (TPSA) is 93.5 Å². The standard InChI is InChI=1S/C31H37F2N3O3/c1-2-22-9-8-10-23(15-22)20-35-21-29(28(34)18-24-16-26(32)19-27(33)17-24)39-30(37)13-6-7-14-36-31(38)25-11-4-3-5-12-25/h3-5,8-12,15-17,19,28-29,35H,2,6-7,13-14,18,20-21,34H2,1H3,(H,36,38)/t28-,29+/m0/s1. The fourth-order valence-corrected chi connectivity index (χ4v) is 4.25. The van der Waals surface area contributed by atoms with E-state index in [0.29, 0.717) is 37.1 Å². The number of nitrogens with two attached hydrogens (primary N) is 1. The third-order valence-corrected chi connectivity index (χ3v) is 6.36. The number of rotatable bonds is 15. The van der Waals surface area contributed by atoms with Crippen LogP contribution in [-0.4, -0.2) is 37.1 Å². The van der Waals surface area contributed by atoms with Gasteiger partial charge in [0.05, 0.1) is 0 Å². The molecule has 3 aromatic rings. The lowest BCUT2D eigenvalue weighted by Gasteiger charge is -2.25. The molecule has 208 valence electrons. The third kappa shape index (κ3) is 10.6. The zero-order valence-electron chi connectivity index (χ0n) is 22.3. The Morgan fingerprint density at radius 2 is 1.62 bits per heavy atom. The van der Waals surface area contributed by atoms with E-state index in [1.54, 1.807) is 24.3 Å². The zero-order chi connectivity index (χ0) is 28.0. The second-order valence-electron chi connectivity index (χ2n) is 9.56. The van der Waals surface area contributed by atoms with E-state index in [-0.39, 0.29) is 25.3 Å². The molecule has 0 saturated carbocycles. The van der Waals surface area contributed by atoms with Gasteiger partial charge in [0, 0.05) is 43.7 Å². The summed E-state index contributed by atoms with van der Waals surface area (Å²) in [4.78, 5) is 24.8. The number of amides is 1. The minimum absolute atomic E-state index is 0.144. The van der Waals surface area contributed by atoms with Gasteiger partial charge >= 0.3 is 5.97 Å². The zero-order valence-corrected chi connectivity index (χ0v) is 22.3. The summed E-state index contributed by atoms with van der Waals surface area (Å²) in [6.45, 7) is 3.37. The molecule has 0 aliphatic carbocycles. The number of unbranched alkanes of at least 4 members (excludes halogenated alkanes) is 1. The molecule has 0 unspecified atom stereocenters. The maximum Gasteiger partial charge on any atom is 0.306 e. The van der Waals surface area contributed by atoms with Crippen LogP contribution in [0.5, 0.6) is 0 Å². The van der Waals surface area contributed by atoms with Crippen LogP contribution in [0, 0.1) is 11.6 Å². The first-order valence-corrected chi connectivity index (χ1v) is 13.4. The SMILES string of the molecule is CCc1cccc(CNC[C@@H](OC(=O)CCCCNC(=O)c2ccccc2)[C@@H](N)Cc2cc(F)cc(F)c2)c1. The van der Waals surface area contributed by atoms with Crippen LogP contribution >= 0.6 is 0 Å². The van der Waals surface area contributed by atoms with E-state index < -0.39 is 29.7 Å². The van der Waals surface area contributed by atoms with Crippen LogP contribution in [0.3, 0.4) is 0 Å². The molecule has 0 radical (unpaired) electrons. The predicted molar refractivity (Wildman–Crippen MR) is 148 cm³/mol. The lowest BCUT2D eigenvalue weighted by molar-refractivity contribution is -0.150. The number of esters is 1. The molecule has 0 heterocycles. The number of carbonyl (C=O) groups excluding carboxylic acids is 2. The summed E-state index contributed by atoms with van der Waals surface area (Å²) in [5.41, 5.74) is 9.68. The number of halogens is 2. The second kappa shape index (κ2) is 15.7. The first-order chi connectivity index (χ1) is 18.8. The van der Waals surface area contributed by atoms with Gasteiger partial charge in [-0.05, 0) is 66.6 Å². The van der Waals surface area contributed by atoms with Crippen molar-refractivity contribution in [2.75, 3.05) is 13.1 Å². The summed E-state index contributed by atoms with van der Waals surface area (Å²) in [6, 6.07) is 19.7. The van der Waals surface area contributed by atoms with Gasteiger partial charge in [-0.2, -0.15) is 0 Å². The molecule has 6 nitrogen and oxygen atoms in total. The van der Waals surface area contributed by atoms with Gasteiger partial charge in [0.2, 0.25) is 0 Å². The molecule has 3 rings (SSSR count). The summed E-state index contributed by atoms with van der Waals surface area (Å²) in [7, 11) is 0. The van der Waals surface area contributed by atoms with E-state index in [1.807, 2.05) is 18.2 Å². The number of benzene rings is 3. The lowest BCUT2D eigenvalue weighted by atomic mass is 10.0. The maximum atomic E-state index is 13.7. The average Bonchev–Trinajstić information content (AvgIpc) is 2.92. The van der Waals surface area contributed by atoms with Gasteiger partial charge in [-0.25, -0.2) is 8.78 Å². The molecule has 1 amide bonds. The Balaban J connectivity index is 1.51. The van der Waals surface area contributed by atoms with Crippen LogP contribution < -0.4 is 16.4 Å². The van der Waals surface area contributed by atoms with Crippen LogP contribution in [0.15, 0.2) is 72.8 Å². The molecule has 3 aromatic carbocycles. The quantitative estimate of drug-likeness (QED) is 0.193. The van der Waals surface area contributed by atoms with Crippen LogP contribution in [0.25, 0.3) is 0 Å². The van der Waals surface area contributed by atoms with E-state index in [9.17, 15) is 18.4 Å². The highest BCUT2D eigenvalue weighted by molar-refractivity contribution is 5.94. The van der Waals surface area contributed by atoms with Gasteiger partial charge in [0.15, 0.2) is 0 Å². The van der Waals surface area contributed by atoms with Crippen LogP contribution in [-0.2, 0) is 28.9 Å². The first-order valence-electron chi connectivity index (χ1n) is 13.4. The van der Waals surface area contributed by atoms with Gasteiger partial charge in [-0.1, -0.05) is 49.4 Å². The van der Waals surface area contributed by atoms with Crippen LogP contribution in [0.4, 0.5) is 8.78 Å². The van der Waals surface area contributed by atoms with Crippen molar-refractivity contribution in [3.63, 3.8) is 0 Å². The van der Waals surface area contributed by atoms with Crippen molar-refractivity contribution in [1.29, 1.82) is 0 Å². The molecule has 39 heavy (non-hydrogen) atoms. The highest BCUT2D eigenvalue weighted by Crippen LogP contribution is 2.13. The van der Waals surface area contributed by atoms with Crippen molar-refractivity contribution < 1.29 is 23.1 Å². The molecule has 8 heteroatoms. The summed E-state index contributed by atoms with van der Waals surface area (Å²) >= 11 is 0. The Labute approximate surface area is 228 Å². The van der Waals surface area contributed by atoms with E-state index in [2.05, 4.69) is 29.7 Å². The molecule has 0 aromatic heterocycles. The highest BCUT2D eigenvalue weighted by atomic mass is 19.1. The average molecular weight is 538 g/mol. The van der Waals surface area contributed by atoms with Crippen LogP contribution in [0.2, 0.25) is 0 Å². The van der Waals surface area contributed by atoms with Crippen molar-refractivity contribution in [3.05, 3.63) is 107 Å². The molecular formula is C31H37F2N3O3. The first kappa shape index (κ1) is 29.9. The number of hydrogen-bond acceptors (Lipinski definition) is 5. The van der Waals surface area contributed by atoms with E-state index in [4.69, 9.17) is 10.5 Å². The molecule has 2 atom stereocenters. The Hall–Kier alpha value is -3.62. The number of carbonyl (C=O) groups is 2. The molecule has 0 aliphatic rings. The monoisotopic (exact) mass is 537 g/mol. The van der Waals surface area contributed by atoms with Crippen LogP contribution in [0.1, 0.15) is 53.2 Å². The largest absolute Gasteiger partial charge is 0.459 e. The molecule has 0 bridgehead atoms. The normalized spacial score (nSPS) is 12.5. The molecule has 4 N–H and O–H groups in total. The molecule has 0 spiro atoms. The predicted octanol–water partition coefficient (Wildman–Crippen LogP) is 4.70. The number of ether oxygens (including phenoxy) is 1. The van der Waals surface area contributed by atoms with Crippen molar-refractivity contribution in [3.8, 4) is 0 Å². The smallest absolute Gasteiger partial charge is 0.306 e. The van der Waals surface area contributed by atoms with Gasteiger partial charge in [0.1, 0.15) is 17.7 Å². The van der Waals surface area contributed by atoms with Gasteiger partial charge < -0.3 is 21.1 Å². The lowest BCUT2D eigenvalue weighted by Crippen LogP contribution is -2.46. The van der Waals surface area contributed by atoms with Crippen molar-refractivity contribution in [2.45, 2.75) is 57.7 Å². The molecule has 0 saturated heterocycles. The summed E-state index contributed by atoms with van der Waals surface area (Å²) in [5, 5.41) is 6.14. The van der Waals surface area contributed by atoms with E-state index in [1.165, 1.54) is 17.7 Å². The van der Waals surface area contributed by atoms with Gasteiger partial charge in [0.25, 0.3) is 5.91 Å². The minimum Gasteiger partial charge on any atom is -0.459 e. The molecule has 0 fully saturated rings. The van der Waals surface area contributed by atoms with E-state index >= 15 is 0 Å². The second-order valence-corrected chi connectivity index (χ2v) is 9.56. The fraction of sp³-hybridized carbons (Fsp3) is 0.355. The van der Waals surface area contributed by atoms with E-state index in [0.717, 1.165) is 18.1 Å². The number of nitrogens with one attached hydrogen (secondary N) is 2. The summed E-state index contributed by atoms with van der Waals surface area (Å²) < 4.78 is 33.1. The van der Waals surface area contributed by atoms with Gasteiger partial charge in [-0.15, -0.1) is 0 Å². The Morgan fingerprint density at radius 3 is 2.33 bits per heavy atom. The van der Waals surface area contributed by atoms with Crippen molar-refractivity contribution >= 4 is 11.9 Å².